The molecule has 0 aromatic heterocycles. The second-order valence-electron chi connectivity index (χ2n) is 7.00. The summed E-state index contributed by atoms with van der Waals surface area (Å²) in [6, 6.07) is 22.8. The Morgan fingerprint density at radius 2 is 1.57 bits per heavy atom. The Morgan fingerprint density at radius 3 is 2.25 bits per heavy atom. The summed E-state index contributed by atoms with van der Waals surface area (Å²) in [5.74, 6) is 0.557. The van der Waals surface area contributed by atoms with Gasteiger partial charge in [-0.3, -0.25) is 0 Å². The Labute approximate surface area is 165 Å². The molecule has 0 bridgehead atoms. The summed E-state index contributed by atoms with van der Waals surface area (Å²) in [4.78, 5) is 12.3. The molecule has 0 saturated heterocycles. The van der Waals surface area contributed by atoms with Gasteiger partial charge in [0.15, 0.2) is 0 Å². The van der Waals surface area contributed by atoms with E-state index >= 15 is 0 Å². The molecule has 0 atom stereocenters. The van der Waals surface area contributed by atoms with Gasteiger partial charge in [0.1, 0.15) is 19.0 Å². The van der Waals surface area contributed by atoms with Crippen molar-refractivity contribution in [1.29, 1.82) is 0 Å². The highest BCUT2D eigenvalue weighted by Gasteiger charge is 2.11. The first kappa shape index (κ1) is 19.5. The van der Waals surface area contributed by atoms with Crippen LogP contribution in [0.1, 0.15) is 46.8 Å². The van der Waals surface area contributed by atoms with Gasteiger partial charge in [0, 0.05) is 0 Å². The molecule has 0 amide bonds. The minimum atomic E-state index is -0.407. The van der Waals surface area contributed by atoms with E-state index in [-0.39, 0.29) is 6.61 Å². The van der Waals surface area contributed by atoms with Crippen molar-refractivity contribution < 1.29 is 14.3 Å². The molecular formula is C24H25NO3. The third-order valence-corrected chi connectivity index (χ3v) is 4.50. The monoisotopic (exact) mass is 375 g/mol. The fourth-order valence-corrected chi connectivity index (χ4v) is 2.75. The van der Waals surface area contributed by atoms with Crippen molar-refractivity contribution in [2.24, 2.45) is 0 Å². The number of rotatable bonds is 7. The molecule has 0 spiro atoms. The van der Waals surface area contributed by atoms with E-state index in [1.807, 2.05) is 42.5 Å². The predicted octanol–water partition coefficient (Wildman–Crippen LogP) is 5.33. The smallest absolute Gasteiger partial charge is 0.338 e. The number of carbonyl (C=O) groups excluding carboxylic acids is 1. The lowest BCUT2D eigenvalue weighted by Crippen LogP contribution is -2.07. The van der Waals surface area contributed by atoms with E-state index < -0.39 is 5.97 Å². The molecule has 0 aliphatic carbocycles. The van der Waals surface area contributed by atoms with Crippen molar-refractivity contribution in [2.45, 2.75) is 33.0 Å². The number of hydrogen-bond acceptors (Lipinski definition) is 4. The van der Waals surface area contributed by atoms with Crippen LogP contribution in [0.3, 0.4) is 0 Å². The van der Waals surface area contributed by atoms with Crippen molar-refractivity contribution in [3.63, 3.8) is 0 Å². The number of anilines is 1. The van der Waals surface area contributed by atoms with Crippen molar-refractivity contribution >= 4 is 11.7 Å². The minimum absolute atomic E-state index is 0.225. The summed E-state index contributed by atoms with van der Waals surface area (Å²) in [5, 5.41) is 0. The largest absolute Gasteiger partial charge is 0.487 e. The third kappa shape index (κ3) is 5.13. The molecule has 0 unspecified atom stereocenters. The van der Waals surface area contributed by atoms with E-state index in [4.69, 9.17) is 15.2 Å². The lowest BCUT2D eigenvalue weighted by atomic mass is 10.0. The SMILES string of the molecule is CC(C)c1ccc(COc2cc(C(=O)OCc3ccccc3)ccc2N)cc1. The van der Waals surface area contributed by atoms with E-state index in [1.165, 1.54) is 5.56 Å². The molecule has 0 aliphatic heterocycles. The van der Waals surface area contributed by atoms with Gasteiger partial charge in [0.05, 0.1) is 11.3 Å². The van der Waals surface area contributed by atoms with Gasteiger partial charge < -0.3 is 15.2 Å². The van der Waals surface area contributed by atoms with E-state index in [2.05, 4.69) is 26.0 Å². The van der Waals surface area contributed by atoms with Crippen molar-refractivity contribution in [3.8, 4) is 5.75 Å². The first-order chi connectivity index (χ1) is 13.5. The Balaban J connectivity index is 1.63. The van der Waals surface area contributed by atoms with Crippen LogP contribution in [0, 0.1) is 0 Å². The normalized spacial score (nSPS) is 10.7. The molecule has 0 heterocycles. The van der Waals surface area contributed by atoms with Gasteiger partial charge >= 0.3 is 5.97 Å². The van der Waals surface area contributed by atoms with Gasteiger partial charge in [-0.1, -0.05) is 68.4 Å². The van der Waals surface area contributed by atoms with Crippen LogP contribution in [-0.2, 0) is 18.0 Å². The van der Waals surface area contributed by atoms with Crippen LogP contribution in [0.25, 0.3) is 0 Å². The zero-order chi connectivity index (χ0) is 19.9. The Hall–Kier alpha value is -3.27. The predicted molar refractivity (Wildman–Crippen MR) is 111 cm³/mol. The number of esters is 1. The number of hydrogen-bond donors (Lipinski definition) is 1. The van der Waals surface area contributed by atoms with Crippen LogP contribution in [0.5, 0.6) is 5.75 Å². The molecule has 2 N–H and O–H groups in total. The van der Waals surface area contributed by atoms with Gasteiger partial charge in [-0.2, -0.15) is 0 Å². The zero-order valence-electron chi connectivity index (χ0n) is 16.2. The van der Waals surface area contributed by atoms with Crippen LogP contribution in [0.4, 0.5) is 5.69 Å². The molecule has 4 heteroatoms. The van der Waals surface area contributed by atoms with E-state index in [9.17, 15) is 4.79 Å². The maximum absolute atomic E-state index is 12.3. The number of nitrogens with two attached hydrogens (primary N) is 1. The van der Waals surface area contributed by atoms with Crippen LogP contribution >= 0.6 is 0 Å². The number of nitrogen functional groups attached to an aromatic ring is 1. The van der Waals surface area contributed by atoms with Crippen molar-refractivity contribution in [1.82, 2.24) is 0 Å². The molecule has 3 aromatic rings. The molecule has 3 rings (SSSR count). The molecule has 144 valence electrons. The van der Waals surface area contributed by atoms with Crippen LogP contribution in [-0.4, -0.2) is 5.97 Å². The molecule has 0 aliphatic rings. The molecular weight excluding hydrogens is 350 g/mol. The van der Waals surface area contributed by atoms with E-state index in [0.29, 0.717) is 29.5 Å². The van der Waals surface area contributed by atoms with Crippen molar-refractivity contribution in [3.05, 3.63) is 95.1 Å². The van der Waals surface area contributed by atoms with Gasteiger partial charge in [-0.05, 0) is 40.8 Å². The zero-order valence-corrected chi connectivity index (χ0v) is 16.2. The van der Waals surface area contributed by atoms with Crippen LogP contribution in [0.2, 0.25) is 0 Å². The number of carbonyl (C=O) groups is 1. The fourth-order valence-electron chi connectivity index (χ4n) is 2.75. The molecule has 0 saturated carbocycles. The van der Waals surface area contributed by atoms with Gasteiger partial charge in [0.25, 0.3) is 0 Å². The molecule has 28 heavy (non-hydrogen) atoms. The Kier molecular flexibility index (Phi) is 6.33. The molecule has 0 fully saturated rings. The van der Waals surface area contributed by atoms with Crippen molar-refractivity contribution in [2.75, 3.05) is 5.73 Å². The standard InChI is InChI=1S/C24H25NO3/c1-17(2)20-10-8-19(9-11-20)15-27-23-14-21(12-13-22(23)25)24(26)28-16-18-6-4-3-5-7-18/h3-14,17H,15-16,25H2,1-2H3. The quantitative estimate of drug-likeness (QED) is 0.448. The maximum atomic E-state index is 12.3. The van der Waals surface area contributed by atoms with Gasteiger partial charge in [-0.25, -0.2) is 4.79 Å². The molecule has 0 radical (unpaired) electrons. The highest BCUT2D eigenvalue weighted by molar-refractivity contribution is 5.90. The van der Waals surface area contributed by atoms with E-state index in [1.54, 1.807) is 18.2 Å². The minimum Gasteiger partial charge on any atom is -0.487 e. The summed E-state index contributed by atoms with van der Waals surface area (Å²) < 4.78 is 11.2. The highest BCUT2D eigenvalue weighted by atomic mass is 16.5. The third-order valence-electron chi connectivity index (χ3n) is 4.50. The summed E-state index contributed by atoms with van der Waals surface area (Å²) in [6.45, 7) is 4.93. The van der Waals surface area contributed by atoms with Gasteiger partial charge in [-0.15, -0.1) is 0 Å². The maximum Gasteiger partial charge on any atom is 0.338 e. The first-order valence-corrected chi connectivity index (χ1v) is 9.35. The Bertz CT molecular complexity index is 918. The summed E-state index contributed by atoms with van der Waals surface area (Å²) in [6.07, 6.45) is 0. The topological polar surface area (TPSA) is 61.5 Å². The fraction of sp³-hybridized carbons (Fsp3) is 0.208. The van der Waals surface area contributed by atoms with Crippen LogP contribution in [0.15, 0.2) is 72.8 Å². The number of ether oxygens (including phenoxy) is 2. The van der Waals surface area contributed by atoms with Crippen LogP contribution < -0.4 is 10.5 Å². The summed E-state index contributed by atoms with van der Waals surface area (Å²) in [7, 11) is 0. The first-order valence-electron chi connectivity index (χ1n) is 9.35. The molecule has 3 aromatic carbocycles. The average molecular weight is 375 g/mol. The second-order valence-corrected chi connectivity index (χ2v) is 7.00. The highest BCUT2D eigenvalue weighted by Crippen LogP contribution is 2.25. The second kappa shape index (κ2) is 9.09. The lowest BCUT2D eigenvalue weighted by molar-refractivity contribution is 0.0472. The summed E-state index contributed by atoms with van der Waals surface area (Å²) in [5.41, 5.74) is 10.2. The lowest BCUT2D eigenvalue weighted by Gasteiger charge is -2.12. The van der Waals surface area contributed by atoms with E-state index in [0.717, 1.165) is 11.1 Å². The molecule has 4 nitrogen and oxygen atoms in total. The summed E-state index contributed by atoms with van der Waals surface area (Å²) >= 11 is 0. The number of benzene rings is 3. The average Bonchev–Trinajstić information content (AvgIpc) is 2.72. The van der Waals surface area contributed by atoms with Gasteiger partial charge in [0.2, 0.25) is 0 Å². The Morgan fingerprint density at radius 1 is 0.893 bits per heavy atom.